The molecule has 0 saturated carbocycles. The first-order valence-electron chi connectivity index (χ1n) is 5.14. The Morgan fingerprint density at radius 2 is 2.50 bits per heavy atom. The minimum atomic E-state index is 0.168. The molecule has 78 valence electrons. The lowest BCUT2D eigenvalue weighted by Crippen LogP contribution is -2.20. The van der Waals surface area contributed by atoms with Gasteiger partial charge in [0.25, 0.3) is 0 Å². The van der Waals surface area contributed by atoms with E-state index in [1.165, 1.54) is 0 Å². The minimum Gasteiger partial charge on any atom is -0.469 e. The molecule has 0 spiro atoms. The van der Waals surface area contributed by atoms with E-state index >= 15 is 0 Å². The summed E-state index contributed by atoms with van der Waals surface area (Å²) in [6.45, 7) is 3.28. The summed E-state index contributed by atoms with van der Waals surface area (Å²) in [5.41, 5.74) is 0. The largest absolute Gasteiger partial charge is 0.469 e. The highest BCUT2D eigenvalue weighted by molar-refractivity contribution is 5.08. The standard InChI is InChI=1S/C11H16O3/c1-2-4-9(10-5-3-6-13-10)11-7-12-8-14-11/h3,5-6,9,11H,2,4,7-8H2,1H3. The molecule has 1 aromatic rings. The maximum atomic E-state index is 5.51. The maximum absolute atomic E-state index is 5.51. The van der Waals surface area contributed by atoms with Crippen LogP contribution in [-0.2, 0) is 9.47 Å². The van der Waals surface area contributed by atoms with Gasteiger partial charge in [0.15, 0.2) is 0 Å². The predicted molar refractivity (Wildman–Crippen MR) is 52.0 cm³/mol. The Bertz CT molecular complexity index is 250. The molecule has 0 aromatic carbocycles. The highest BCUT2D eigenvalue weighted by Gasteiger charge is 2.29. The van der Waals surface area contributed by atoms with Crippen LogP contribution in [0.1, 0.15) is 31.4 Å². The Labute approximate surface area is 84.0 Å². The molecule has 14 heavy (non-hydrogen) atoms. The van der Waals surface area contributed by atoms with E-state index in [1.807, 2.05) is 12.1 Å². The first-order chi connectivity index (χ1) is 6.92. The van der Waals surface area contributed by atoms with Gasteiger partial charge in [-0.25, -0.2) is 0 Å². The number of hydrogen-bond donors (Lipinski definition) is 0. The van der Waals surface area contributed by atoms with Crippen molar-refractivity contribution in [2.75, 3.05) is 13.4 Å². The van der Waals surface area contributed by atoms with Crippen molar-refractivity contribution in [1.82, 2.24) is 0 Å². The van der Waals surface area contributed by atoms with Crippen LogP contribution < -0.4 is 0 Å². The summed E-state index contributed by atoms with van der Waals surface area (Å²) < 4.78 is 16.2. The Kier molecular flexibility index (Phi) is 3.22. The van der Waals surface area contributed by atoms with Crippen LogP contribution >= 0.6 is 0 Å². The third kappa shape index (κ3) is 1.99. The van der Waals surface area contributed by atoms with Crippen LogP contribution in [0.15, 0.2) is 22.8 Å². The monoisotopic (exact) mass is 196 g/mol. The molecule has 2 atom stereocenters. The van der Waals surface area contributed by atoms with Crippen molar-refractivity contribution in [2.45, 2.75) is 31.8 Å². The normalized spacial score (nSPS) is 23.9. The molecule has 2 unspecified atom stereocenters. The SMILES string of the molecule is CCCC(c1ccco1)C1COCO1. The molecule has 2 rings (SSSR count). The van der Waals surface area contributed by atoms with Crippen molar-refractivity contribution in [3.8, 4) is 0 Å². The van der Waals surface area contributed by atoms with Crippen LogP contribution in [0.5, 0.6) is 0 Å². The second-order valence-electron chi connectivity index (χ2n) is 3.60. The predicted octanol–water partition coefficient (Wildman–Crippen LogP) is 2.54. The fourth-order valence-corrected chi connectivity index (χ4v) is 1.90. The van der Waals surface area contributed by atoms with Crippen LogP contribution in [0.4, 0.5) is 0 Å². The average Bonchev–Trinajstić information content (AvgIpc) is 2.87. The van der Waals surface area contributed by atoms with Crippen LogP contribution in [0.2, 0.25) is 0 Å². The lowest BCUT2D eigenvalue weighted by Gasteiger charge is -2.18. The molecule has 0 amide bonds. The summed E-state index contributed by atoms with van der Waals surface area (Å²) in [5.74, 6) is 1.36. The van der Waals surface area contributed by atoms with Gasteiger partial charge in [0.05, 0.1) is 19.0 Å². The zero-order valence-electron chi connectivity index (χ0n) is 8.44. The number of furan rings is 1. The number of rotatable bonds is 4. The molecule has 1 saturated heterocycles. The zero-order valence-corrected chi connectivity index (χ0v) is 8.44. The van der Waals surface area contributed by atoms with Crippen molar-refractivity contribution >= 4 is 0 Å². The Balaban J connectivity index is 2.06. The zero-order chi connectivity index (χ0) is 9.80. The molecular formula is C11H16O3. The molecule has 1 aliphatic rings. The van der Waals surface area contributed by atoms with Gasteiger partial charge in [-0.05, 0) is 18.6 Å². The topological polar surface area (TPSA) is 31.6 Å². The lowest BCUT2D eigenvalue weighted by atomic mass is 9.95. The first-order valence-corrected chi connectivity index (χ1v) is 5.14. The molecule has 0 N–H and O–H groups in total. The molecule has 3 heteroatoms. The first kappa shape index (κ1) is 9.74. The van der Waals surface area contributed by atoms with E-state index in [2.05, 4.69) is 6.92 Å². The molecular weight excluding hydrogens is 180 g/mol. The fraction of sp³-hybridized carbons (Fsp3) is 0.636. The van der Waals surface area contributed by atoms with Gasteiger partial charge < -0.3 is 13.9 Å². The highest BCUT2D eigenvalue weighted by Crippen LogP contribution is 2.29. The van der Waals surface area contributed by atoms with Crippen LogP contribution in [-0.4, -0.2) is 19.5 Å². The van der Waals surface area contributed by atoms with E-state index in [9.17, 15) is 0 Å². The van der Waals surface area contributed by atoms with Gasteiger partial charge in [0, 0.05) is 5.92 Å². The van der Waals surface area contributed by atoms with Gasteiger partial charge in [-0.1, -0.05) is 13.3 Å². The van der Waals surface area contributed by atoms with Crippen molar-refractivity contribution in [3.05, 3.63) is 24.2 Å². The minimum absolute atomic E-state index is 0.168. The van der Waals surface area contributed by atoms with Crippen LogP contribution in [0, 0.1) is 0 Å². The summed E-state index contributed by atoms with van der Waals surface area (Å²) in [6, 6.07) is 3.94. The lowest BCUT2D eigenvalue weighted by molar-refractivity contribution is 0.0356. The average molecular weight is 196 g/mol. The van der Waals surface area contributed by atoms with E-state index in [4.69, 9.17) is 13.9 Å². The van der Waals surface area contributed by atoms with Crippen LogP contribution in [0.25, 0.3) is 0 Å². The van der Waals surface area contributed by atoms with E-state index in [0.29, 0.717) is 19.3 Å². The number of ether oxygens (including phenoxy) is 2. The number of hydrogen-bond acceptors (Lipinski definition) is 3. The molecule has 0 radical (unpaired) electrons. The summed E-state index contributed by atoms with van der Waals surface area (Å²) in [7, 11) is 0. The van der Waals surface area contributed by atoms with E-state index in [1.54, 1.807) is 6.26 Å². The van der Waals surface area contributed by atoms with Crippen molar-refractivity contribution in [1.29, 1.82) is 0 Å². The summed E-state index contributed by atoms with van der Waals surface area (Å²) in [4.78, 5) is 0. The van der Waals surface area contributed by atoms with Gasteiger partial charge in [-0.15, -0.1) is 0 Å². The van der Waals surface area contributed by atoms with Gasteiger partial charge in [0.2, 0.25) is 0 Å². The van der Waals surface area contributed by atoms with Gasteiger partial charge in [0.1, 0.15) is 12.6 Å². The molecule has 1 aliphatic heterocycles. The van der Waals surface area contributed by atoms with E-state index < -0.39 is 0 Å². The Morgan fingerprint density at radius 1 is 1.57 bits per heavy atom. The maximum Gasteiger partial charge on any atom is 0.147 e. The van der Waals surface area contributed by atoms with Gasteiger partial charge >= 0.3 is 0 Å². The summed E-state index contributed by atoms with van der Waals surface area (Å²) in [5, 5.41) is 0. The van der Waals surface area contributed by atoms with E-state index in [-0.39, 0.29) is 6.10 Å². The van der Waals surface area contributed by atoms with Crippen molar-refractivity contribution in [2.24, 2.45) is 0 Å². The van der Waals surface area contributed by atoms with Crippen LogP contribution in [0.3, 0.4) is 0 Å². The molecule has 3 nitrogen and oxygen atoms in total. The fourth-order valence-electron chi connectivity index (χ4n) is 1.90. The van der Waals surface area contributed by atoms with Gasteiger partial charge in [-0.3, -0.25) is 0 Å². The van der Waals surface area contributed by atoms with E-state index in [0.717, 1.165) is 18.6 Å². The summed E-state index contributed by atoms with van der Waals surface area (Å²) in [6.07, 6.45) is 4.10. The molecule has 0 aliphatic carbocycles. The molecule has 0 bridgehead atoms. The third-order valence-corrected chi connectivity index (χ3v) is 2.60. The molecule has 1 fully saturated rings. The molecule has 2 heterocycles. The second kappa shape index (κ2) is 4.62. The third-order valence-electron chi connectivity index (χ3n) is 2.60. The highest BCUT2D eigenvalue weighted by atomic mass is 16.7. The van der Waals surface area contributed by atoms with Gasteiger partial charge in [-0.2, -0.15) is 0 Å². The molecule has 1 aromatic heterocycles. The Hall–Kier alpha value is -0.800. The summed E-state index contributed by atoms with van der Waals surface area (Å²) >= 11 is 0. The quantitative estimate of drug-likeness (QED) is 0.741. The smallest absolute Gasteiger partial charge is 0.147 e. The second-order valence-corrected chi connectivity index (χ2v) is 3.60. The van der Waals surface area contributed by atoms with Crippen molar-refractivity contribution < 1.29 is 13.9 Å². The van der Waals surface area contributed by atoms with Crippen molar-refractivity contribution in [3.63, 3.8) is 0 Å². The Morgan fingerprint density at radius 3 is 3.07 bits per heavy atom.